The van der Waals surface area contributed by atoms with Gasteiger partial charge in [-0.15, -0.1) is 0 Å². The Morgan fingerprint density at radius 3 is 2.72 bits per heavy atom. The fourth-order valence-electron chi connectivity index (χ4n) is 4.89. The highest BCUT2D eigenvalue weighted by atomic mass is 16.2. The Morgan fingerprint density at radius 1 is 1.25 bits per heavy atom. The molecule has 5 rings (SSSR count). The SMILES string of the molecule is CC(C)Nc1cc(-c2ccc3cc(C#N)cnn23)ncc1C(=O)NC1CC2(CC(=O)C2)C1. The molecule has 32 heavy (non-hydrogen) atoms. The number of pyridine rings is 1. The Bertz CT molecular complexity index is 1270. The van der Waals surface area contributed by atoms with Gasteiger partial charge in [0.2, 0.25) is 0 Å². The predicted molar refractivity (Wildman–Crippen MR) is 119 cm³/mol. The molecule has 2 aliphatic rings. The van der Waals surface area contributed by atoms with E-state index in [1.54, 1.807) is 16.8 Å². The minimum Gasteiger partial charge on any atom is -0.382 e. The standard InChI is InChI=1S/C24H24N6O2/c1-14(2)28-20-6-21(22-4-3-17-5-15(11-25)12-27-30(17)22)26-13-19(20)23(32)29-16-7-24(8-16)9-18(31)10-24/h3-6,12-14,16H,7-10H2,1-2H3,(H,26,28)(H,29,32). The van der Waals surface area contributed by atoms with E-state index < -0.39 is 0 Å². The van der Waals surface area contributed by atoms with E-state index in [0.717, 1.165) is 24.1 Å². The van der Waals surface area contributed by atoms with Crippen LogP contribution in [0, 0.1) is 16.7 Å². The summed E-state index contributed by atoms with van der Waals surface area (Å²) in [6.07, 6.45) is 6.17. The molecule has 3 heterocycles. The number of ketones is 1. The van der Waals surface area contributed by atoms with Crippen LogP contribution in [0.1, 0.15) is 55.5 Å². The monoisotopic (exact) mass is 428 g/mol. The third-order valence-electron chi connectivity index (χ3n) is 6.32. The number of aromatic nitrogens is 3. The molecule has 0 radical (unpaired) electrons. The van der Waals surface area contributed by atoms with Crippen molar-refractivity contribution in [3.8, 4) is 17.5 Å². The zero-order valence-corrected chi connectivity index (χ0v) is 18.1. The summed E-state index contributed by atoms with van der Waals surface area (Å²) in [6, 6.07) is 9.76. The van der Waals surface area contributed by atoms with Crippen LogP contribution in [0.25, 0.3) is 16.9 Å². The van der Waals surface area contributed by atoms with E-state index in [9.17, 15) is 9.59 Å². The molecule has 3 aromatic heterocycles. The number of hydrogen-bond acceptors (Lipinski definition) is 6. The first-order chi connectivity index (χ1) is 15.4. The third-order valence-corrected chi connectivity index (χ3v) is 6.32. The molecule has 0 saturated heterocycles. The van der Waals surface area contributed by atoms with Crippen LogP contribution < -0.4 is 10.6 Å². The van der Waals surface area contributed by atoms with Crippen LogP contribution in [-0.2, 0) is 4.79 Å². The van der Waals surface area contributed by atoms with Gasteiger partial charge in [-0.25, -0.2) is 4.52 Å². The number of nitriles is 1. The Kier molecular flexibility index (Phi) is 4.70. The lowest BCUT2D eigenvalue weighted by Crippen LogP contribution is -2.56. The second kappa shape index (κ2) is 7.45. The third kappa shape index (κ3) is 3.50. The van der Waals surface area contributed by atoms with Crippen LogP contribution in [0.3, 0.4) is 0 Å². The summed E-state index contributed by atoms with van der Waals surface area (Å²) in [6.45, 7) is 4.03. The molecule has 2 fully saturated rings. The number of carbonyl (C=O) groups is 2. The molecule has 2 saturated carbocycles. The van der Waals surface area contributed by atoms with E-state index >= 15 is 0 Å². The molecule has 8 nitrogen and oxygen atoms in total. The maximum atomic E-state index is 13.0. The number of Topliss-reactive ketones (excluding diaryl/α,β-unsaturated/α-hetero) is 1. The van der Waals surface area contributed by atoms with Gasteiger partial charge in [-0.3, -0.25) is 14.6 Å². The number of hydrogen-bond donors (Lipinski definition) is 2. The summed E-state index contributed by atoms with van der Waals surface area (Å²) in [5.41, 5.74) is 4.09. The maximum Gasteiger partial charge on any atom is 0.255 e. The number of rotatable bonds is 5. The maximum absolute atomic E-state index is 13.0. The molecule has 1 amide bonds. The Morgan fingerprint density at radius 2 is 2.03 bits per heavy atom. The first kappa shape index (κ1) is 20.2. The fourth-order valence-corrected chi connectivity index (χ4v) is 4.89. The number of anilines is 1. The molecule has 0 unspecified atom stereocenters. The molecule has 162 valence electrons. The molecule has 1 spiro atoms. The number of carbonyl (C=O) groups excluding carboxylic acids is 2. The van der Waals surface area contributed by atoms with Gasteiger partial charge in [0.05, 0.1) is 39.9 Å². The van der Waals surface area contributed by atoms with Gasteiger partial charge in [-0.2, -0.15) is 10.4 Å². The van der Waals surface area contributed by atoms with Gasteiger partial charge in [0.25, 0.3) is 5.91 Å². The topological polar surface area (TPSA) is 112 Å². The van der Waals surface area contributed by atoms with Gasteiger partial charge in [0.1, 0.15) is 11.9 Å². The predicted octanol–water partition coefficient (Wildman–Crippen LogP) is 3.33. The summed E-state index contributed by atoms with van der Waals surface area (Å²) >= 11 is 0. The summed E-state index contributed by atoms with van der Waals surface area (Å²) < 4.78 is 1.73. The first-order valence-corrected chi connectivity index (χ1v) is 10.8. The van der Waals surface area contributed by atoms with Crippen LogP contribution >= 0.6 is 0 Å². The van der Waals surface area contributed by atoms with Crippen molar-refractivity contribution in [1.82, 2.24) is 19.9 Å². The molecule has 3 aromatic rings. The second-order valence-electron chi connectivity index (χ2n) is 9.30. The van der Waals surface area contributed by atoms with Crippen LogP contribution in [0.15, 0.2) is 36.7 Å². The summed E-state index contributed by atoms with van der Waals surface area (Å²) in [7, 11) is 0. The van der Waals surface area contributed by atoms with E-state index in [1.807, 2.05) is 32.0 Å². The number of amides is 1. The number of fused-ring (bicyclic) bond motifs is 1. The average molecular weight is 428 g/mol. The van der Waals surface area contributed by atoms with Gasteiger partial charge in [0.15, 0.2) is 0 Å². The molecule has 8 heteroatoms. The highest BCUT2D eigenvalue weighted by molar-refractivity contribution is 6.00. The summed E-state index contributed by atoms with van der Waals surface area (Å²) in [4.78, 5) is 28.9. The zero-order valence-electron chi connectivity index (χ0n) is 18.1. The first-order valence-electron chi connectivity index (χ1n) is 10.8. The van der Waals surface area contributed by atoms with Crippen molar-refractivity contribution in [1.29, 1.82) is 5.26 Å². The quantitative estimate of drug-likeness (QED) is 0.645. The zero-order chi connectivity index (χ0) is 22.5. The molecule has 2 N–H and O–H groups in total. The van der Waals surface area contributed by atoms with Crippen LogP contribution in [-0.4, -0.2) is 38.4 Å². The minimum absolute atomic E-state index is 0.107. The van der Waals surface area contributed by atoms with Gasteiger partial charge in [0, 0.05) is 31.1 Å². The Balaban J connectivity index is 1.40. The van der Waals surface area contributed by atoms with E-state index in [-0.39, 0.29) is 23.4 Å². The normalized spacial score (nSPS) is 17.1. The summed E-state index contributed by atoms with van der Waals surface area (Å²) in [5.74, 6) is 0.170. The van der Waals surface area contributed by atoms with Gasteiger partial charge in [-0.1, -0.05) is 0 Å². The van der Waals surface area contributed by atoms with Crippen molar-refractivity contribution in [2.75, 3.05) is 5.32 Å². The minimum atomic E-state index is -0.158. The molecule has 2 aliphatic carbocycles. The highest BCUT2D eigenvalue weighted by Crippen LogP contribution is 2.54. The van der Waals surface area contributed by atoms with Crippen molar-refractivity contribution in [3.05, 3.63) is 47.8 Å². The van der Waals surface area contributed by atoms with Crippen LogP contribution in [0.4, 0.5) is 5.69 Å². The Hall–Kier alpha value is -3.73. The van der Waals surface area contributed by atoms with E-state index in [4.69, 9.17) is 5.26 Å². The van der Waals surface area contributed by atoms with Crippen molar-refractivity contribution in [3.63, 3.8) is 0 Å². The number of nitrogens with zero attached hydrogens (tertiary/aromatic N) is 4. The fraction of sp³-hybridized carbons (Fsp3) is 0.375. The molecular formula is C24H24N6O2. The van der Waals surface area contributed by atoms with Crippen molar-refractivity contribution >= 4 is 22.9 Å². The van der Waals surface area contributed by atoms with Crippen LogP contribution in [0.2, 0.25) is 0 Å². The lowest BCUT2D eigenvalue weighted by atomic mass is 9.53. The molecule has 0 aromatic carbocycles. The smallest absolute Gasteiger partial charge is 0.255 e. The van der Waals surface area contributed by atoms with E-state index in [0.29, 0.717) is 41.1 Å². The summed E-state index contributed by atoms with van der Waals surface area (Å²) in [5, 5.41) is 19.9. The average Bonchev–Trinajstić information content (AvgIpc) is 3.13. The molecule has 0 aliphatic heterocycles. The lowest BCUT2D eigenvalue weighted by Gasteiger charge is -2.52. The number of nitrogens with one attached hydrogen (secondary N) is 2. The molecule has 0 atom stereocenters. The van der Waals surface area contributed by atoms with Crippen molar-refractivity contribution in [2.24, 2.45) is 5.41 Å². The van der Waals surface area contributed by atoms with Crippen molar-refractivity contribution in [2.45, 2.75) is 51.6 Å². The molecular weight excluding hydrogens is 404 g/mol. The molecule has 0 bridgehead atoms. The van der Waals surface area contributed by atoms with Crippen LogP contribution in [0.5, 0.6) is 0 Å². The van der Waals surface area contributed by atoms with Gasteiger partial charge in [-0.05, 0) is 56.4 Å². The second-order valence-corrected chi connectivity index (χ2v) is 9.30. The largest absolute Gasteiger partial charge is 0.382 e. The van der Waals surface area contributed by atoms with E-state index in [2.05, 4.69) is 26.8 Å². The Labute approximate surface area is 185 Å². The van der Waals surface area contributed by atoms with Crippen molar-refractivity contribution < 1.29 is 9.59 Å². The van der Waals surface area contributed by atoms with Gasteiger partial charge < -0.3 is 10.6 Å². The highest BCUT2D eigenvalue weighted by Gasteiger charge is 2.52. The van der Waals surface area contributed by atoms with E-state index in [1.165, 1.54) is 6.20 Å². The lowest BCUT2D eigenvalue weighted by molar-refractivity contribution is -0.139. The van der Waals surface area contributed by atoms with Gasteiger partial charge >= 0.3 is 0 Å².